The van der Waals surface area contributed by atoms with Gasteiger partial charge in [0.05, 0.1) is 12.0 Å². The number of ether oxygens (including phenoxy) is 2. The van der Waals surface area contributed by atoms with Gasteiger partial charge in [0.25, 0.3) is 0 Å². The van der Waals surface area contributed by atoms with Crippen LogP contribution in [0.1, 0.15) is 33.1 Å². The molecule has 2 heterocycles. The second kappa shape index (κ2) is 8.97. The predicted octanol–water partition coefficient (Wildman–Crippen LogP) is 0.701. The molecule has 0 bridgehead atoms. The summed E-state index contributed by atoms with van der Waals surface area (Å²) >= 11 is 0. The first kappa shape index (κ1) is 18.6. The summed E-state index contributed by atoms with van der Waals surface area (Å²) < 4.78 is 10.9. The molecule has 0 aromatic carbocycles. The molecule has 2 fully saturated rings. The van der Waals surface area contributed by atoms with Crippen molar-refractivity contribution in [2.24, 2.45) is 11.1 Å². The lowest BCUT2D eigenvalue weighted by atomic mass is 9.78. The second-order valence-corrected chi connectivity index (χ2v) is 6.64. The largest absolute Gasteiger partial charge is 0.381 e. The number of piperazine rings is 1. The molecule has 2 saturated heterocycles. The van der Waals surface area contributed by atoms with E-state index in [1.165, 1.54) is 0 Å². The summed E-state index contributed by atoms with van der Waals surface area (Å²) in [6.45, 7) is 10.9. The van der Waals surface area contributed by atoms with Gasteiger partial charge in [-0.05, 0) is 26.2 Å². The molecule has 2 rings (SSSR count). The van der Waals surface area contributed by atoms with Crippen LogP contribution in [0.15, 0.2) is 0 Å². The van der Waals surface area contributed by atoms with Crippen molar-refractivity contribution < 1.29 is 14.3 Å². The van der Waals surface area contributed by atoms with Gasteiger partial charge in [-0.3, -0.25) is 9.69 Å². The highest BCUT2D eigenvalue weighted by atomic mass is 16.5. The minimum Gasteiger partial charge on any atom is -0.381 e. The Balaban J connectivity index is 1.95. The molecule has 6 nitrogen and oxygen atoms in total. The first-order valence-electron chi connectivity index (χ1n) is 9.06. The Kier molecular flexibility index (Phi) is 7.27. The van der Waals surface area contributed by atoms with Crippen LogP contribution in [0.2, 0.25) is 0 Å². The molecule has 6 heteroatoms. The monoisotopic (exact) mass is 327 g/mol. The van der Waals surface area contributed by atoms with E-state index in [0.29, 0.717) is 25.8 Å². The molecule has 1 amide bonds. The van der Waals surface area contributed by atoms with Crippen LogP contribution in [-0.2, 0) is 14.3 Å². The Morgan fingerprint density at radius 1 is 1.30 bits per heavy atom. The topological polar surface area (TPSA) is 68.0 Å². The van der Waals surface area contributed by atoms with Crippen molar-refractivity contribution >= 4 is 5.91 Å². The van der Waals surface area contributed by atoms with E-state index in [2.05, 4.69) is 11.8 Å². The number of hydrogen-bond donors (Lipinski definition) is 1. The maximum Gasteiger partial charge on any atom is 0.230 e. The van der Waals surface area contributed by atoms with E-state index in [-0.39, 0.29) is 5.91 Å². The maximum absolute atomic E-state index is 13.1. The third-order valence-electron chi connectivity index (χ3n) is 5.38. The Hall–Kier alpha value is -0.690. The van der Waals surface area contributed by atoms with Gasteiger partial charge in [-0.1, -0.05) is 6.92 Å². The van der Waals surface area contributed by atoms with Gasteiger partial charge in [-0.2, -0.15) is 0 Å². The van der Waals surface area contributed by atoms with Crippen LogP contribution < -0.4 is 5.73 Å². The lowest BCUT2D eigenvalue weighted by molar-refractivity contribution is -0.150. The van der Waals surface area contributed by atoms with E-state index in [0.717, 1.165) is 58.7 Å². The third-order valence-corrected chi connectivity index (χ3v) is 5.38. The molecule has 0 aromatic heterocycles. The molecule has 1 atom stereocenters. The van der Waals surface area contributed by atoms with E-state index < -0.39 is 5.41 Å². The maximum atomic E-state index is 13.1. The van der Waals surface area contributed by atoms with Crippen LogP contribution in [0.5, 0.6) is 0 Å². The van der Waals surface area contributed by atoms with E-state index in [4.69, 9.17) is 15.2 Å². The van der Waals surface area contributed by atoms with Gasteiger partial charge in [-0.15, -0.1) is 0 Å². The van der Waals surface area contributed by atoms with Crippen molar-refractivity contribution in [3.05, 3.63) is 0 Å². The van der Waals surface area contributed by atoms with Gasteiger partial charge in [0.15, 0.2) is 0 Å². The Morgan fingerprint density at radius 2 is 2.04 bits per heavy atom. The third kappa shape index (κ3) is 4.44. The molecule has 23 heavy (non-hydrogen) atoms. The molecule has 0 saturated carbocycles. The Morgan fingerprint density at radius 3 is 2.65 bits per heavy atom. The van der Waals surface area contributed by atoms with Gasteiger partial charge in [-0.25, -0.2) is 0 Å². The van der Waals surface area contributed by atoms with Crippen molar-refractivity contribution in [3.8, 4) is 0 Å². The highest BCUT2D eigenvalue weighted by molar-refractivity contribution is 5.83. The Labute approximate surface area is 140 Å². The number of rotatable bonds is 7. The average molecular weight is 327 g/mol. The zero-order valence-electron chi connectivity index (χ0n) is 14.8. The molecule has 2 N–H and O–H groups in total. The summed E-state index contributed by atoms with van der Waals surface area (Å²) in [6, 6.07) is 0.419. The van der Waals surface area contributed by atoms with Crippen molar-refractivity contribution in [2.75, 3.05) is 59.2 Å². The fourth-order valence-electron chi connectivity index (χ4n) is 3.69. The first-order valence-corrected chi connectivity index (χ1v) is 9.06. The average Bonchev–Trinajstić information content (AvgIpc) is 2.62. The van der Waals surface area contributed by atoms with Gasteiger partial charge in [0, 0.05) is 58.6 Å². The van der Waals surface area contributed by atoms with Crippen LogP contribution in [0.25, 0.3) is 0 Å². The number of nitrogens with two attached hydrogens (primary N) is 1. The summed E-state index contributed by atoms with van der Waals surface area (Å²) in [7, 11) is 0. The molecule has 0 aliphatic carbocycles. The van der Waals surface area contributed by atoms with Crippen molar-refractivity contribution in [1.29, 1.82) is 0 Å². The molecule has 0 spiro atoms. The molecule has 0 aromatic rings. The molecule has 2 aliphatic heterocycles. The van der Waals surface area contributed by atoms with E-state index in [1.54, 1.807) is 0 Å². The van der Waals surface area contributed by atoms with Crippen LogP contribution in [0.3, 0.4) is 0 Å². The van der Waals surface area contributed by atoms with Crippen LogP contribution in [0, 0.1) is 5.41 Å². The number of nitrogens with zero attached hydrogens (tertiary/aromatic N) is 2. The lowest BCUT2D eigenvalue weighted by Crippen LogP contribution is -2.59. The normalized spacial score (nSPS) is 25.5. The fraction of sp³-hybridized carbons (Fsp3) is 0.941. The predicted molar refractivity (Wildman–Crippen MR) is 90.3 cm³/mol. The SMILES string of the molecule is CCOCCN1CCN(C(=O)C2(CN)CCOCC2)CC1CC. The van der Waals surface area contributed by atoms with Crippen molar-refractivity contribution in [3.63, 3.8) is 0 Å². The van der Waals surface area contributed by atoms with Crippen molar-refractivity contribution in [2.45, 2.75) is 39.2 Å². The summed E-state index contributed by atoms with van der Waals surface area (Å²) in [5.41, 5.74) is 5.59. The molecule has 134 valence electrons. The highest BCUT2D eigenvalue weighted by Gasteiger charge is 2.43. The number of amides is 1. The molecule has 2 aliphatic rings. The first-order chi connectivity index (χ1) is 11.2. The van der Waals surface area contributed by atoms with Crippen LogP contribution in [-0.4, -0.2) is 80.9 Å². The van der Waals surface area contributed by atoms with E-state index in [1.807, 2.05) is 11.8 Å². The Bertz CT molecular complexity index is 372. The fourth-order valence-corrected chi connectivity index (χ4v) is 3.69. The van der Waals surface area contributed by atoms with Crippen LogP contribution in [0.4, 0.5) is 0 Å². The van der Waals surface area contributed by atoms with E-state index >= 15 is 0 Å². The molecule has 1 unspecified atom stereocenters. The van der Waals surface area contributed by atoms with Gasteiger partial charge < -0.3 is 20.1 Å². The summed E-state index contributed by atoms with van der Waals surface area (Å²) in [6.07, 6.45) is 2.56. The smallest absolute Gasteiger partial charge is 0.230 e. The minimum atomic E-state index is -0.399. The number of carbonyl (C=O) groups excluding carboxylic acids is 1. The summed E-state index contributed by atoms with van der Waals surface area (Å²) in [4.78, 5) is 17.6. The van der Waals surface area contributed by atoms with E-state index in [9.17, 15) is 4.79 Å². The molecule has 0 radical (unpaired) electrons. The number of hydrogen-bond acceptors (Lipinski definition) is 5. The quantitative estimate of drug-likeness (QED) is 0.697. The van der Waals surface area contributed by atoms with Gasteiger partial charge in [0.1, 0.15) is 0 Å². The highest BCUT2D eigenvalue weighted by Crippen LogP contribution is 2.32. The van der Waals surface area contributed by atoms with Crippen molar-refractivity contribution in [1.82, 2.24) is 9.80 Å². The molecular formula is C17H33N3O3. The summed E-state index contributed by atoms with van der Waals surface area (Å²) in [5.74, 6) is 0.242. The van der Waals surface area contributed by atoms with Gasteiger partial charge in [0.2, 0.25) is 5.91 Å². The lowest BCUT2D eigenvalue weighted by Gasteiger charge is -2.45. The zero-order valence-corrected chi connectivity index (χ0v) is 14.8. The summed E-state index contributed by atoms with van der Waals surface area (Å²) in [5, 5.41) is 0. The standard InChI is InChI=1S/C17H33N3O3/c1-3-15-13-20(8-7-19(15)9-12-22-4-2)16(21)17(14-18)5-10-23-11-6-17/h15H,3-14,18H2,1-2H3. The zero-order chi connectivity index (χ0) is 16.7. The van der Waals surface area contributed by atoms with Crippen LogP contribution >= 0.6 is 0 Å². The molecular weight excluding hydrogens is 294 g/mol. The number of carbonyl (C=O) groups is 1. The second-order valence-electron chi connectivity index (χ2n) is 6.64. The minimum absolute atomic E-state index is 0.242. The van der Waals surface area contributed by atoms with Gasteiger partial charge >= 0.3 is 0 Å².